The molecule has 0 aliphatic carbocycles. The molecule has 1 fully saturated rings. The van der Waals surface area contributed by atoms with Crippen LogP contribution in [0.5, 0.6) is 11.5 Å². The zero-order valence-corrected chi connectivity index (χ0v) is 15.2. The third-order valence-corrected chi connectivity index (χ3v) is 4.84. The second-order valence-corrected chi connectivity index (χ2v) is 6.77. The molecule has 1 N–H and O–H groups in total. The SMILES string of the molecule is C=CCc1ccc(OC[C@@H](O)CN2[C@H](C)CCC[C@@H]2C)c(OC)c1. The highest BCUT2D eigenvalue weighted by molar-refractivity contribution is 5.43. The third-order valence-electron chi connectivity index (χ3n) is 4.84. The number of aliphatic hydroxyl groups is 1. The molecular formula is C20H31NO3. The molecule has 2 rings (SSSR count). The molecule has 4 heteroatoms. The van der Waals surface area contributed by atoms with Gasteiger partial charge in [-0.15, -0.1) is 6.58 Å². The van der Waals surface area contributed by atoms with Gasteiger partial charge in [0.2, 0.25) is 0 Å². The molecule has 134 valence electrons. The van der Waals surface area contributed by atoms with E-state index >= 15 is 0 Å². The van der Waals surface area contributed by atoms with Crippen LogP contribution in [0.1, 0.15) is 38.7 Å². The summed E-state index contributed by atoms with van der Waals surface area (Å²) in [4.78, 5) is 2.39. The summed E-state index contributed by atoms with van der Waals surface area (Å²) in [5.41, 5.74) is 1.13. The van der Waals surface area contributed by atoms with Gasteiger partial charge in [-0.1, -0.05) is 18.6 Å². The van der Waals surface area contributed by atoms with Crippen LogP contribution >= 0.6 is 0 Å². The summed E-state index contributed by atoms with van der Waals surface area (Å²) in [5.74, 6) is 1.37. The second-order valence-electron chi connectivity index (χ2n) is 6.77. The van der Waals surface area contributed by atoms with Gasteiger partial charge in [0.25, 0.3) is 0 Å². The zero-order valence-electron chi connectivity index (χ0n) is 15.2. The lowest BCUT2D eigenvalue weighted by molar-refractivity contribution is 0.0204. The number of likely N-dealkylation sites (tertiary alicyclic amines) is 1. The molecule has 0 saturated carbocycles. The molecule has 0 radical (unpaired) electrons. The van der Waals surface area contributed by atoms with Crippen LogP contribution in [0.3, 0.4) is 0 Å². The smallest absolute Gasteiger partial charge is 0.161 e. The van der Waals surface area contributed by atoms with E-state index in [1.807, 2.05) is 24.3 Å². The summed E-state index contributed by atoms with van der Waals surface area (Å²) in [6.07, 6.45) is 5.84. The molecule has 0 amide bonds. The number of hydrogen-bond acceptors (Lipinski definition) is 4. The minimum atomic E-state index is -0.509. The minimum absolute atomic E-state index is 0.271. The number of β-amino-alcohol motifs (C(OH)–C–C–N with tert-alkyl or cyclic N) is 1. The van der Waals surface area contributed by atoms with E-state index in [-0.39, 0.29) is 6.61 Å². The first kappa shape index (κ1) is 18.8. The third kappa shape index (κ3) is 4.99. The lowest BCUT2D eigenvalue weighted by atomic mass is 9.97. The largest absolute Gasteiger partial charge is 0.493 e. The Hall–Kier alpha value is -1.52. The Morgan fingerprint density at radius 1 is 1.29 bits per heavy atom. The Morgan fingerprint density at radius 3 is 2.62 bits per heavy atom. The van der Waals surface area contributed by atoms with Crippen LogP contribution in [-0.2, 0) is 6.42 Å². The van der Waals surface area contributed by atoms with E-state index in [1.54, 1.807) is 7.11 Å². The highest BCUT2D eigenvalue weighted by Gasteiger charge is 2.26. The highest BCUT2D eigenvalue weighted by Crippen LogP contribution is 2.29. The van der Waals surface area contributed by atoms with E-state index in [4.69, 9.17) is 9.47 Å². The van der Waals surface area contributed by atoms with Gasteiger partial charge in [0.1, 0.15) is 12.7 Å². The topological polar surface area (TPSA) is 41.9 Å². The van der Waals surface area contributed by atoms with Crippen molar-refractivity contribution in [2.45, 2.75) is 57.7 Å². The highest BCUT2D eigenvalue weighted by atomic mass is 16.5. The van der Waals surface area contributed by atoms with Crippen LogP contribution in [-0.4, -0.2) is 48.5 Å². The van der Waals surface area contributed by atoms with E-state index in [1.165, 1.54) is 19.3 Å². The summed E-state index contributed by atoms with van der Waals surface area (Å²) in [6, 6.07) is 6.90. The number of allylic oxidation sites excluding steroid dienone is 1. The molecule has 1 aliphatic heterocycles. The van der Waals surface area contributed by atoms with E-state index in [9.17, 15) is 5.11 Å². The summed E-state index contributed by atoms with van der Waals surface area (Å²) in [7, 11) is 1.63. The summed E-state index contributed by atoms with van der Waals surface area (Å²) in [6.45, 7) is 9.16. The van der Waals surface area contributed by atoms with Crippen molar-refractivity contribution in [3.63, 3.8) is 0 Å². The lowest BCUT2D eigenvalue weighted by Gasteiger charge is -2.40. The van der Waals surface area contributed by atoms with Crippen molar-refractivity contribution in [3.8, 4) is 11.5 Å². The standard InChI is InChI=1S/C20H31NO3/c1-5-7-17-10-11-19(20(12-17)23-4)24-14-18(22)13-21-15(2)8-6-9-16(21)3/h5,10-12,15-16,18,22H,1,6-9,13-14H2,2-4H3/t15-,16+,18-/m0/s1. The molecule has 24 heavy (non-hydrogen) atoms. The predicted octanol–water partition coefficient (Wildman–Crippen LogP) is 3.43. The Kier molecular flexibility index (Phi) is 7.13. The lowest BCUT2D eigenvalue weighted by Crippen LogP contribution is -2.48. The Morgan fingerprint density at radius 2 is 2.00 bits per heavy atom. The van der Waals surface area contributed by atoms with Gasteiger partial charge < -0.3 is 14.6 Å². The monoisotopic (exact) mass is 333 g/mol. The number of aliphatic hydroxyl groups excluding tert-OH is 1. The molecule has 0 aromatic heterocycles. The van der Waals surface area contributed by atoms with Crippen molar-refractivity contribution in [2.24, 2.45) is 0 Å². The first-order chi connectivity index (χ1) is 11.5. The van der Waals surface area contributed by atoms with Gasteiger partial charge >= 0.3 is 0 Å². The summed E-state index contributed by atoms with van der Waals surface area (Å²) >= 11 is 0. The van der Waals surface area contributed by atoms with Crippen LogP contribution in [0.4, 0.5) is 0 Å². The first-order valence-corrected chi connectivity index (χ1v) is 8.89. The fraction of sp³-hybridized carbons (Fsp3) is 0.600. The fourth-order valence-corrected chi connectivity index (χ4v) is 3.44. The average molecular weight is 333 g/mol. The molecule has 0 unspecified atom stereocenters. The fourth-order valence-electron chi connectivity index (χ4n) is 3.44. The second kappa shape index (κ2) is 9.09. The maximum atomic E-state index is 10.4. The maximum absolute atomic E-state index is 10.4. The van der Waals surface area contributed by atoms with Crippen LogP contribution in [0.15, 0.2) is 30.9 Å². The quantitative estimate of drug-likeness (QED) is 0.740. The maximum Gasteiger partial charge on any atom is 0.161 e. The van der Waals surface area contributed by atoms with Crippen LogP contribution in [0, 0.1) is 0 Å². The number of benzene rings is 1. The van der Waals surface area contributed by atoms with Crippen molar-refractivity contribution >= 4 is 0 Å². The van der Waals surface area contributed by atoms with Crippen molar-refractivity contribution in [1.82, 2.24) is 4.90 Å². The van der Waals surface area contributed by atoms with Gasteiger partial charge in [0, 0.05) is 18.6 Å². The summed E-state index contributed by atoms with van der Waals surface area (Å²) < 4.78 is 11.2. The van der Waals surface area contributed by atoms with Crippen LogP contribution in [0.25, 0.3) is 0 Å². The molecule has 1 aromatic rings. The van der Waals surface area contributed by atoms with E-state index in [2.05, 4.69) is 25.3 Å². The number of piperidine rings is 1. The molecule has 0 bridgehead atoms. The Balaban J connectivity index is 1.91. The summed E-state index contributed by atoms with van der Waals surface area (Å²) in [5, 5.41) is 10.4. The van der Waals surface area contributed by atoms with Crippen molar-refractivity contribution < 1.29 is 14.6 Å². The molecule has 1 saturated heterocycles. The van der Waals surface area contributed by atoms with Crippen molar-refractivity contribution in [3.05, 3.63) is 36.4 Å². The van der Waals surface area contributed by atoms with Crippen molar-refractivity contribution in [2.75, 3.05) is 20.3 Å². The van der Waals surface area contributed by atoms with Gasteiger partial charge in [0.05, 0.1) is 7.11 Å². The van der Waals surface area contributed by atoms with Gasteiger partial charge in [-0.3, -0.25) is 4.90 Å². The molecule has 3 atom stereocenters. The predicted molar refractivity (Wildman–Crippen MR) is 97.9 cm³/mol. The number of rotatable bonds is 8. The van der Waals surface area contributed by atoms with Crippen LogP contribution < -0.4 is 9.47 Å². The average Bonchev–Trinajstić information content (AvgIpc) is 2.57. The van der Waals surface area contributed by atoms with E-state index in [0.29, 0.717) is 30.1 Å². The Labute approximate surface area is 146 Å². The molecule has 4 nitrogen and oxygen atoms in total. The first-order valence-electron chi connectivity index (χ1n) is 8.89. The van der Waals surface area contributed by atoms with Gasteiger partial charge in [0.15, 0.2) is 11.5 Å². The number of ether oxygens (including phenoxy) is 2. The molecule has 1 aromatic carbocycles. The van der Waals surface area contributed by atoms with E-state index in [0.717, 1.165) is 12.0 Å². The van der Waals surface area contributed by atoms with Gasteiger partial charge in [-0.05, 0) is 50.8 Å². The van der Waals surface area contributed by atoms with Gasteiger partial charge in [-0.25, -0.2) is 0 Å². The molecule has 0 spiro atoms. The number of hydrogen-bond donors (Lipinski definition) is 1. The minimum Gasteiger partial charge on any atom is -0.493 e. The molecule has 1 heterocycles. The molecular weight excluding hydrogens is 302 g/mol. The number of methoxy groups -OCH3 is 1. The van der Waals surface area contributed by atoms with Gasteiger partial charge in [-0.2, -0.15) is 0 Å². The molecule has 1 aliphatic rings. The van der Waals surface area contributed by atoms with Crippen molar-refractivity contribution in [1.29, 1.82) is 0 Å². The number of nitrogens with zero attached hydrogens (tertiary/aromatic N) is 1. The zero-order chi connectivity index (χ0) is 17.5. The normalized spacial score (nSPS) is 22.8. The van der Waals surface area contributed by atoms with E-state index < -0.39 is 6.10 Å². The Bertz CT molecular complexity index is 522. The van der Waals surface area contributed by atoms with Crippen LogP contribution in [0.2, 0.25) is 0 Å².